The van der Waals surface area contributed by atoms with E-state index >= 15 is 0 Å². The first-order valence-electron chi connectivity index (χ1n) is 8.85. The number of carbonyl (C=O) groups is 1. The molecule has 1 aromatic heterocycles. The van der Waals surface area contributed by atoms with Gasteiger partial charge < -0.3 is 9.47 Å². The van der Waals surface area contributed by atoms with Crippen LogP contribution in [0.15, 0.2) is 59.8 Å². The first-order chi connectivity index (χ1) is 14.0. The summed E-state index contributed by atoms with van der Waals surface area (Å²) in [7, 11) is 1.59. The number of methoxy groups -OCH3 is 1. The maximum absolute atomic E-state index is 13.4. The van der Waals surface area contributed by atoms with Crippen molar-refractivity contribution in [1.29, 1.82) is 0 Å². The van der Waals surface area contributed by atoms with Crippen LogP contribution in [0, 0.1) is 0 Å². The molecule has 1 atom stereocenters. The number of rotatable bonds is 6. The van der Waals surface area contributed by atoms with Gasteiger partial charge in [-0.3, -0.25) is 4.57 Å². The molecule has 0 bridgehead atoms. The summed E-state index contributed by atoms with van der Waals surface area (Å²) in [6, 6.07) is 16.9. The van der Waals surface area contributed by atoms with Crippen LogP contribution < -0.4 is 4.74 Å². The number of esters is 1. The van der Waals surface area contributed by atoms with Crippen LogP contribution in [0.4, 0.5) is 8.78 Å². The average Bonchev–Trinajstić information content (AvgIpc) is 3.27. The number of alkyl halides is 2. The van der Waals surface area contributed by atoms with Gasteiger partial charge in [0.05, 0.1) is 13.5 Å². The Morgan fingerprint density at radius 1 is 1.17 bits per heavy atom. The minimum atomic E-state index is -3.42. The lowest BCUT2D eigenvalue weighted by Crippen LogP contribution is -2.21. The second kappa shape index (κ2) is 7.82. The first kappa shape index (κ1) is 19.4. The highest BCUT2D eigenvalue weighted by molar-refractivity contribution is 7.99. The normalized spacial score (nSPS) is 17.9. The second-order valence-electron chi connectivity index (χ2n) is 6.45. The van der Waals surface area contributed by atoms with Gasteiger partial charge in [-0.25, -0.2) is 4.79 Å². The number of carbonyl (C=O) groups excluding carboxylic acids is 1. The fraction of sp³-hybridized carbons (Fsp3) is 0.250. The summed E-state index contributed by atoms with van der Waals surface area (Å²) in [5.41, 5.74) is 1.66. The van der Waals surface area contributed by atoms with Crippen molar-refractivity contribution in [1.82, 2.24) is 14.8 Å². The molecule has 0 spiro atoms. The van der Waals surface area contributed by atoms with E-state index in [4.69, 9.17) is 9.47 Å². The maximum atomic E-state index is 13.4. The number of hydrogen-bond donors (Lipinski definition) is 0. The predicted molar refractivity (Wildman–Crippen MR) is 104 cm³/mol. The predicted octanol–water partition coefficient (Wildman–Crippen LogP) is 3.99. The lowest BCUT2D eigenvalue weighted by atomic mass is 10.2. The zero-order valence-electron chi connectivity index (χ0n) is 15.4. The lowest BCUT2D eigenvalue weighted by Gasteiger charge is -2.12. The molecule has 6 nitrogen and oxygen atoms in total. The van der Waals surface area contributed by atoms with E-state index in [-0.39, 0.29) is 5.75 Å². The van der Waals surface area contributed by atoms with E-state index in [2.05, 4.69) is 10.2 Å². The molecule has 1 aliphatic rings. The van der Waals surface area contributed by atoms with Crippen molar-refractivity contribution in [2.45, 2.75) is 23.6 Å². The third kappa shape index (κ3) is 3.95. The quantitative estimate of drug-likeness (QED) is 0.446. The molecule has 2 aromatic carbocycles. The van der Waals surface area contributed by atoms with Crippen LogP contribution in [-0.4, -0.2) is 45.6 Å². The van der Waals surface area contributed by atoms with Crippen LogP contribution in [0.3, 0.4) is 0 Å². The molecular weight excluding hydrogens is 400 g/mol. The number of thioether (sulfide) groups is 1. The van der Waals surface area contributed by atoms with Crippen LogP contribution >= 0.6 is 11.8 Å². The molecule has 0 amide bonds. The van der Waals surface area contributed by atoms with Gasteiger partial charge in [0.2, 0.25) is 0 Å². The number of hydrogen-bond acceptors (Lipinski definition) is 6. The van der Waals surface area contributed by atoms with Gasteiger partial charge in [-0.05, 0) is 36.4 Å². The Bertz CT molecular complexity index is 1010. The lowest BCUT2D eigenvalue weighted by molar-refractivity contribution is -0.158. The zero-order chi connectivity index (χ0) is 20.4. The summed E-state index contributed by atoms with van der Waals surface area (Å²) >= 11 is 1.22. The molecule has 0 N–H and O–H groups in total. The van der Waals surface area contributed by atoms with Crippen molar-refractivity contribution in [2.75, 3.05) is 12.9 Å². The summed E-state index contributed by atoms with van der Waals surface area (Å²) in [6.07, 6.45) is -1.49. The molecular formula is C20H17F2N3O3S. The fourth-order valence-corrected chi connectivity index (χ4v) is 3.95. The zero-order valence-corrected chi connectivity index (χ0v) is 16.2. The van der Waals surface area contributed by atoms with Gasteiger partial charge in [0.25, 0.3) is 0 Å². The fourth-order valence-electron chi connectivity index (χ4n) is 3.01. The number of nitrogens with zero attached hydrogens (tertiary/aromatic N) is 3. The third-order valence-corrected chi connectivity index (χ3v) is 5.51. The SMILES string of the molecule is COc1ccc(-c2nnc(SC[C@H]3CC(F)(F)C(=O)O3)n2-c2ccccc2)cc1. The molecule has 0 radical (unpaired) electrons. The highest BCUT2D eigenvalue weighted by Crippen LogP contribution is 2.35. The van der Waals surface area contributed by atoms with E-state index < -0.39 is 24.4 Å². The highest BCUT2D eigenvalue weighted by Gasteiger charge is 2.50. The monoisotopic (exact) mass is 417 g/mol. The van der Waals surface area contributed by atoms with Crippen molar-refractivity contribution in [3.63, 3.8) is 0 Å². The van der Waals surface area contributed by atoms with E-state index in [9.17, 15) is 13.6 Å². The molecule has 4 rings (SSSR count). The number of cyclic esters (lactones) is 1. The third-order valence-electron chi connectivity index (χ3n) is 4.45. The Labute approximate surface area is 169 Å². The first-order valence-corrected chi connectivity index (χ1v) is 9.83. The Kier molecular flexibility index (Phi) is 5.23. The van der Waals surface area contributed by atoms with Crippen molar-refractivity contribution in [3.8, 4) is 22.8 Å². The summed E-state index contributed by atoms with van der Waals surface area (Å²) in [5.74, 6) is -3.40. The number of ether oxygens (including phenoxy) is 2. The van der Waals surface area contributed by atoms with Gasteiger partial charge in [0, 0.05) is 17.0 Å². The standard InChI is InChI=1S/C20H17F2N3O3S/c1-27-15-9-7-13(8-10-15)17-23-24-19(25(17)14-5-3-2-4-6-14)29-12-16-11-20(21,22)18(26)28-16/h2-10,16H,11-12H2,1H3/t16-/m1/s1. The summed E-state index contributed by atoms with van der Waals surface area (Å²) in [6.45, 7) is 0. The number of para-hydroxylation sites is 1. The minimum absolute atomic E-state index is 0.162. The second-order valence-corrected chi connectivity index (χ2v) is 7.44. The molecule has 1 aliphatic heterocycles. The van der Waals surface area contributed by atoms with Gasteiger partial charge in [0.1, 0.15) is 11.9 Å². The Morgan fingerprint density at radius 3 is 2.52 bits per heavy atom. The molecule has 3 aromatic rings. The molecule has 150 valence electrons. The Hall–Kier alpha value is -2.94. The molecule has 1 saturated heterocycles. The average molecular weight is 417 g/mol. The van der Waals surface area contributed by atoms with Crippen molar-refractivity contribution in [3.05, 3.63) is 54.6 Å². The minimum Gasteiger partial charge on any atom is -0.497 e. The van der Waals surface area contributed by atoms with Gasteiger partial charge in [-0.15, -0.1) is 10.2 Å². The van der Waals surface area contributed by atoms with E-state index in [1.165, 1.54) is 11.8 Å². The molecule has 0 unspecified atom stereocenters. The largest absolute Gasteiger partial charge is 0.497 e. The van der Waals surface area contributed by atoms with Crippen molar-refractivity contribution >= 4 is 17.7 Å². The summed E-state index contributed by atoms with van der Waals surface area (Å²) < 4.78 is 38.7. The Balaban J connectivity index is 1.64. The van der Waals surface area contributed by atoms with E-state index in [1.54, 1.807) is 7.11 Å². The highest BCUT2D eigenvalue weighted by atomic mass is 32.2. The van der Waals surface area contributed by atoms with Gasteiger partial charge >= 0.3 is 11.9 Å². The van der Waals surface area contributed by atoms with Crippen LogP contribution in [0.25, 0.3) is 17.1 Å². The smallest absolute Gasteiger partial charge is 0.377 e. The van der Waals surface area contributed by atoms with Crippen molar-refractivity contribution < 1.29 is 23.0 Å². The van der Waals surface area contributed by atoms with Gasteiger partial charge in [-0.2, -0.15) is 8.78 Å². The molecule has 0 aliphatic carbocycles. The molecule has 0 saturated carbocycles. The van der Waals surface area contributed by atoms with Crippen LogP contribution in [0.2, 0.25) is 0 Å². The van der Waals surface area contributed by atoms with E-state index in [0.29, 0.717) is 11.0 Å². The van der Waals surface area contributed by atoms with Crippen LogP contribution in [-0.2, 0) is 9.53 Å². The van der Waals surface area contributed by atoms with E-state index in [1.807, 2.05) is 59.2 Å². The molecule has 1 fully saturated rings. The number of benzene rings is 2. The maximum Gasteiger partial charge on any atom is 0.377 e. The number of halogens is 2. The van der Waals surface area contributed by atoms with E-state index in [0.717, 1.165) is 17.0 Å². The number of aromatic nitrogens is 3. The topological polar surface area (TPSA) is 66.2 Å². The molecule has 29 heavy (non-hydrogen) atoms. The molecule has 2 heterocycles. The summed E-state index contributed by atoms with van der Waals surface area (Å²) in [4.78, 5) is 11.2. The van der Waals surface area contributed by atoms with Gasteiger partial charge in [-0.1, -0.05) is 30.0 Å². The van der Waals surface area contributed by atoms with Crippen LogP contribution in [0.1, 0.15) is 6.42 Å². The Morgan fingerprint density at radius 2 is 1.90 bits per heavy atom. The molecule has 9 heteroatoms. The van der Waals surface area contributed by atoms with Crippen LogP contribution in [0.5, 0.6) is 5.75 Å². The van der Waals surface area contributed by atoms with Crippen molar-refractivity contribution in [2.24, 2.45) is 0 Å². The van der Waals surface area contributed by atoms with Gasteiger partial charge in [0.15, 0.2) is 11.0 Å². The summed E-state index contributed by atoms with van der Waals surface area (Å²) in [5, 5.41) is 9.07.